The molecule has 3 nitrogen and oxygen atoms in total. The molecule has 2 N–H and O–H groups in total. The van der Waals surface area contributed by atoms with Crippen LogP contribution in [0.4, 0.5) is 11.4 Å². The van der Waals surface area contributed by atoms with E-state index in [1.165, 1.54) is 5.56 Å². The van der Waals surface area contributed by atoms with Crippen molar-refractivity contribution in [3.8, 4) is 0 Å². The van der Waals surface area contributed by atoms with Crippen LogP contribution in [0.1, 0.15) is 39.2 Å². The summed E-state index contributed by atoms with van der Waals surface area (Å²) in [7, 11) is 0. The van der Waals surface area contributed by atoms with E-state index in [9.17, 15) is 4.79 Å². The summed E-state index contributed by atoms with van der Waals surface area (Å²) in [5, 5.41) is 6.41. The molecular formula is C15H22N2O. The van der Waals surface area contributed by atoms with Gasteiger partial charge < -0.3 is 10.6 Å². The maximum atomic E-state index is 12.0. The van der Waals surface area contributed by atoms with E-state index in [1.807, 2.05) is 12.1 Å². The Balaban J connectivity index is 2.12. The molecule has 0 unspecified atom stereocenters. The normalized spacial score (nSPS) is 14.6. The summed E-state index contributed by atoms with van der Waals surface area (Å²) >= 11 is 0. The van der Waals surface area contributed by atoms with Gasteiger partial charge in [0.1, 0.15) is 0 Å². The first-order chi connectivity index (χ1) is 8.46. The Morgan fingerprint density at radius 1 is 1.39 bits per heavy atom. The van der Waals surface area contributed by atoms with E-state index < -0.39 is 0 Å². The zero-order valence-electron chi connectivity index (χ0n) is 11.5. The second-order valence-electron chi connectivity index (χ2n) is 6.16. The van der Waals surface area contributed by atoms with Crippen LogP contribution < -0.4 is 10.6 Å². The molecule has 3 heteroatoms. The zero-order valence-corrected chi connectivity index (χ0v) is 11.5. The number of para-hydroxylation sites is 1. The Labute approximate surface area is 109 Å². The Morgan fingerprint density at radius 2 is 2.17 bits per heavy atom. The molecule has 2 rings (SSSR count). The highest BCUT2D eigenvalue weighted by atomic mass is 16.1. The zero-order chi connectivity index (χ0) is 13.2. The molecule has 0 bridgehead atoms. The largest absolute Gasteiger partial charge is 0.383 e. The highest BCUT2D eigenvalue weighted by Crippen LogP contribution is 2.30. The summed E-state index contributed by atoms with van der Waals surface area (Å²) in [5.41, 5.74) is 3.34. The van der Waals surface area contributed by atoms with Gasteiger partial charge in [0.05, 0.1) is 11.4 Å². The maximum absolute atomic E-state index is 12.0. The first-order valence-electron chi connectivity index (χ1n) is 6.61. The predicted molar refractivity (Wildman–Crippen MR) is 76.0 cm³/mol. The molecule has 0 aliphatic carbocycles. The molecule has 0 aromatic heterocycles. The van der Waals surface area contributed by atoms with Crippen LogP contribution in [0.25, 0.3) is 0 Å². The van der Waals surface area contributed by atoms with Crippen LogP contribution in [-0.4, -0.2) is 12.5 Å². The third kappa shape index (κ3) is 3.25. The van der Waals surface area contributed by atoms with Crippen LogP contribution in [-0.2, 0) is 11.2 Å². The molecule has 0 radical (unpaired) electrons. The monoisotopic (exact) mass is 246 g/mol. The Kier molecular flexibility index (Phi) is 3.60. The molecule has 1 aromatic rings. The molecule has 98 valence electrons. The molecule has 0 spiro atoms. The highest BCUT2D eigenvalue weighted by molar-refractivity contribution is 5.95. The Hall–Kier alpha value is -1.51. The maximum Gasteiger partial charge on any atom is 0.224 e. The molecule has 0 fully saturated rings. The van der Waals surface area contributed by atoms with Gasteiger partial charge in [-0.1, -0.05) is 32.9 Å². The van der Waals surface area contributed by atoms with Gasteiger partial charge >= 0.3 is 0 Å². The van der Waals surface area contributed by atoms with Crippen LogP contribution in [0, 0.1) is 5.41 Å². The Morgan fingerprint density at radius 3 is 2.89 bits per heavy atom. The molecule has 18 heavy (non-hydrogen) atoms. The number of hydrogen-bond acceptors (Lipinski definition) is 2. The minimum absolute atomic E-state index is 0.0202. The number of nitrogens with one attached hydrogen (secondary N) is 2. The van der Waals surface area contributed by atoms with Crippen LogP contribution >= 0.6 is 0 Å². The number of hydrogen-bond donors (Lipinski definition) is 2. The van der Waals surface area contributed by atoms with Crippen molar-refractivity contribution in [3.63, 3.8) is 0 Å². The number of anilines is 2. The second-order valence-corrected chi connectivity index (χ2v) is 6.16. The van der Waals surface area contributed by atoms with Gasteiger partial charge in [0.15, 0.2) is 0 Å². The molecule has 0 saturated carbocycles. The molecule has 1 aliphatic rings. The lowest BCUT2D eigenvalue weighted by molar-refractivity contribution is -0.117. The van der Waals surface area contributed by atoms with Crippen molar-refractivity contribution in [1.82, 2.24) is 0 Å². The van der Waals surface area contributed by atoms with Gasteiger partial charge in [-0.05, 0) is 29.9 Å². The van der Waals surface area contributed by atoms with Crippen molar-refractivity contribution < 1.29 is 4.79 Å². The quantitative estimate of drug-likeness (QED) is 0.839. The van der Waals surface area contributed by atoms with Crippen LogP contribution in [0.5, 0.6) is 0 Å². The van der Waals surface area contributed by atoms with E-state index in [0.29, 0.717) is 6.42 Å². The standard InChI is InChI=1S/C15H22N2O/c1-15(2,3)10-13(18)17-12-8-4-6-11-7-5-9-16-14(11)12/h4,6,8,16H,5,7,9-10H2,1-3H3,(H,17,18). The van der Waals surface area contributed by atoms with Gasteiger partial charge in [-0.2, -0.15) is 0 Å². The second kappa shape index (κ2) is 5.01. The van der Waals surface area contributed by atoms with E-state index in [0.717, 1.165) is 30.8 Å². The van der Waals surface area contributed by atoms with E-state index in [1.54, 1.807) is 0 Å². The van der Waals surface area contributed by atoms with E-state index in [2.05, 4.69) is 37.5 Å². The summed E-state index contributed by atoms with van der Waals surface area (Å²) in [4.78, 5) is 12.0. The predicted octanol–water partition coefficient (Wildman–Crippen LogP) is 3.42. The lowest BCUT2D eigenvalue weighted by Crippen LogP contribution is -2.21. The number of aryl methyl sites for hydroxylation is 1. The summed E-state index contributed by atoms with van der Waals surface area (Å²) in [6.45, 7) is 7.21. The average molecular weight is 246 g/mol. The molecule has 1 amide bonds. The van der Waals surface area contributed by atoms with Crippen molar-refractivity contribution in [2.45, 2.75) is 40.0 Å². The van der Waals surface area contributed by atoms with Crippen molar-refractivity contribution in [1.29, 1.82) is 0 Å². The molecule has 0 saturated heterocycles. The summed E-state index contributed by atoms with van der Waals surface area (Å²) in [5.74, 6) is 0.0864. The third-order valence-corrected chi connectivity index (χ3v) is 3.04. The SMILES string of the molecule is CC(C)(C)CC(=O)Nc1cccc2c1NCCC2. The van der Waals surface area contributed by atoms with E-state index >= 15 is 0 Å². The fraction of sp³-hybridized carbons (Fsp3) is 0.533. The van der Waals surface area contributed by atoms with Gasteiger partial charge in [-0.15, -0.1) is 0 Å². The van der Waals surface area contributed by atoms with Gasteiger partial charge in [0.25, 0.3) is 0 Å². The summed E-state index contributed by atoms with van der Waals surface area (Å²) < 4.78 is 0. The van der Waals surface area contributed by atoms with E-state index in [-0.39, 0.29) is 11.3 Å². The highest BCUT2D eigenvalue weighted by Gasteiger charge is 2.18. The number of amides is 1. The van der Waals surface area contributed by atoms with Crippen LogP contribution in [0.2, 0.25) is 0 Å². The van der Waals surface area contributed by atoms with Gasteiger partial charge in [-0.3, -0.25) is 4.79 Å². The number of fused-ring (bicyclic) bond motifs is 1. The van der Waals surface area contributed by atoms with Gasteiger partial charge in [-0.25, -0.2) is 0 Å². The topological polar surface area (TPSA) is 41.1 Å². The van der Waals surface area contributed by atoms with Crippen molar-refractivity contribution in [2.75, 3.05) is 17.2 Å². The lowest BCUT2D eigenvalue weighted by Gasteiger charge is -2.23. The minimum atomic E-state index is 0.0202. The van der Waals surface area contributed by atoms with Crippen LogP contribution in [0.15, 0.2) is 18.2 Å². The number of rotatable bonds is 2. The fourth-order valence-corrected chi connectivity index (χ4v) is 2.29. The Bertz CT molecular complexity index is 446. The first-order valence-corrected chi connectivity index (χ1v) is 6.61. The van der Waals surface area contributed by atoms with E-state index in [4.69, 9.17) is 0 Å². The summed E-state index contributed by atoms with van der Waals surface area (Å²) in [6.07, 6.45) is 2.79. The van der Waals surface area contributed by atoms with Crippen molar-refractivity contribution >= 4 is 17.3 Å². The van der Waals surface area contributed by atoms with Crippen molar-refractivity contribution in [2.24, 2.45) is 5.41 Å². The number of carbonyl (C=O) groups excluding carboxylic acids is 1. The number of benzene rings is 1. The minimum Gasteiger partial charge on any atom is -0.383 e. The molecule has 0 atom stereocenters. The lowest BCUT2D eigenvalue weighted by atomic mass is 9.92. The van der Waals surface area contributed by atoms with Crippen LogP contribution in [0.3, 0.4) is 0 Å². The fourth-order valence-electron chi connectivity index (χ4n) is 2.29. The molecular weight excluding hydrogens is 224 g/mol. The molecule has 1 heterocycles. The van der Waals surface area contributed by atoms with Gasteiger partial charge in [0, 0.05) is 13.0 Å². The molecule has 1 aromatic carbocycles. The number of carbonyl (C=O) groups is 1. The summed E-state index contributed by atoms with van der Waals surface area (Å²) in [6, 6.07) is 6.11. The van der Waals surface area contributed by atoms with Crippen molar-refractivity contribution in [3.05, 3.63) is 23.8 Å². The average Bonchev–Trinajstić information content (AvgIpc) is 2.27. The molecule has 1 aliphatic heterocycles. The van der Waals surface area contributed by atoms with Gasteiger partial charge in [0.2, 0.25) is 5.91 Å². The first kappa shape index (κ1) is 12.9. The third-order valence-electron chi connectivity index (χ3n) is 3.04. The smallest absolute Gasteiger partial charge is 0.224 e.